The first-order valence-corrected chi connectivity index (χ1v) is 7.18. The summed E-state index contributed by atoms with van der Waals surface area (Å²) in [5, 5.41) is 3.52. The van der Waals surface area contributed by atoms with E-state index in [4.69, 9.17) is 4.74 Å². The van der Waals surface area contributed by atoms with Crippen molar-refractivity contribution >= 4 is 6.09 Å². The van der Waals surface area contributed by atoms with Crippen LogP contribution in [0.3, 0.4) is 0 Å². The maximum absolute atomic E-state index is 12.0. The standard InChI is InChI=1S/C15H28N2O2/c1-6-12(2)16-13-8-7-10-17(11-9-13)14(18)19-15(3,4)5/h6,12-13,16H,1,7-11H2,2-5H3. The summed E-state index contributed by atoms with van der Waals surface area (Å²) in [5.41, 5.74) is -0.418. The number of likely N-dealkylation sites (tertiary alicyclic amines) is 1. The molecule has 1 N–H and O–H groups in total. The number of nitrogens with zero attached hydrogens (tertiary/aromatic N) is 1. The summed E-state index contributed by atoms with van der Waals surface area (Å²) in [5.74, 6) is 0. The lowest BCUT2D eigenvalue weighted by atomic mass is 10.1. The summed E-state index contributed by atoms with van der Waals surface area (Å²) in [7, 11) is 0. The maximum atomic E-state index is 12.0. The second-order valence-corrected chi connectivity index (χ2v) is 6.29. The van der Waals surface area contributed by atoms with Crippen LogP contribution in [0, 0.1) is 0 Å². The van der Waals surface area contributed by atoms with Crippen LogP contribution in [0.15, 0.2) is 12.7 Å². The molecule has 1 fully saturated rings. The number of carbonyl (C=O) groups is 1. The summed E-state index contributed by atoms with van der Waals surface area (Å²) >= 11 is 0. The first kappa shape index (κ1) is 16.0. The zero-order chi connectivity index (χ0) is 14.5. The normalized spacial score (nSPS) is 22.5. The summed E-state index contributed by atoms with van der Waals surface area (Å²) in [6, 6.07) is 0.776. The van der Waals surface area contributed by atoms with Crippen LogP contribution in [0.2, 0.25) is 0 Å². The molecule has 1 aliphatic heterocycles. The topological polar surface area (TPSA) is 41.6 Å². The van der Waals surface area contributed by atoms with Crippen LogP contribution < -0.4 is 5.32 Å². The first-order chi connectivity index (χ1) is 8.81. The highest BCUT2D eigenvalue weighted by molar-refractivity contribution is 5.68. The van der Waals surface area contributed by atoms with Gasteiger partial charge >= 0.3 is 6.09 Å². The van der Waals surface area contributed by atoms with Crippen LogP contribution in [-0.2, 0) is 4.74 Å². The molecular formula is C15H28N2O2. The molecule has 0 spiro atoms. The molecule has 0 aromatic carbocycles. The lowest BCUT2D eigenvalue weighted by Crippen LogP contribution is -2.39. The zero-order valence-electron chi connectivity index (χ0n) is 12.7. The molecule has 0 saturated carbocycles. The molecule has 1 aliphatic rings. The molecule has 4 nitrogen and oxygen atoms in total. The van der Waals surface area contributed by atoms with Crippen LogP contribution in [0.25, 0.3) is 0 Å². The van der Waals surface area contributed by atoms with Gasteiger partial charge in [0.1, 0.15) is 5.60 Å². The third-order valence-electron chi connectivity index (χ3n) is 3.23. The molecule has 110 valence electrons. The van der Waals surface area contributed by atoms with Gasteiger partial charge in [0.05, 0.1) is 0 Å². The van der Waals surface area contributed by atoms with Gasteiger partial charge in [0.2, 0.25) is 0 Å². The van der Waals surface area contributed by atoms with Crippen molar-refractivity contribution in [2.75, 3.05) is 13.1 Å². The molecule has 2 atom stereocenters. The van der Waals surface area contributed by atoms with E-state index in [1.165, 1.54) is 0 Å². The van der Waals surface area contributed by atoms with E-state index in [0.29, 0.717) is 12.1 Å². The molecule has 1 saturated heterocycles. The monoisotopic (exact) mass is 268 g/mol. The van der Waals surface area contributed by atoms with Gasteiger partial charge in [-0.1, -0.05) is 6.08 Å². The van der Waals surface area contributed by atoms with Crippen molar-refractivity contribution in [1.82, 2.24) is 10.2 Å². The molecule has 0 aliphatic carbocycles. The van der Waals surface area contributed by atoms with Crippen molar-refractivity contribution in [2.45, 2.75) is 64.6 Å². The van der Waals surface area contributed by atoms with Gasteiger partial charge in [-0.2, -0.15) is 0 Å². The Labute approximate surface area is 117 Å². The Hall–Kier alpha value is -1.03. The number of hydrogen-bond acceptors (Lipinski definition) is 3. The smallest absolute Gasteiger partial charge is 0.410 e. The zero-order valence-corrected chi connectivity index (χ0v) is 12.7. The predicted molar refractivity (Wildman–Crippen MR) is 78.2 cm³/mol. The highest BCUT2D eigenvalue weighted by atomic mass is 16.6. The van der Waals surface area contributed by atoms with Crippen molar-refractivity contribution < 1.29 is 9.53 Å². The molecule has 1 rings (SSSR count). The van der Waals surface area contributed by atoms with Gasteiger partial charge in [0, 0.05) is 25.2 Å². The number of nitrogens with one attached hydrogen (secondary N) is 1. The number of rotatable bonds is 3. The van der Waals surface area contributed by atoms with Crippen molar-refractivity contribution in [2.24, 2.45) is 0 Å². The number of amides is 1. The fourth-order valence-corrected chi connectivity index (χ4v) is 2.21. The van der Waals surface area contributed by atoms with Gasteiger partial charge in [-0.15, -0.1) is 6.58 Å². The average molecular weight is 268 g/mol. The maximum Gasteiger partial charge on any atom is 0.410 e. The van der Waals surface area contributed by atoms with Crippen molar-refractivity contribution in [3.8, 4) is 0 Å². The molecule has 2 unspecified atom stereocenters. The molecule has 0 aromatic rings. The second-order valence-electron chi connectivity index (χ2n) is 6.29. The predicted octanol–water partition coefficient (Wildman–Crippen LogP) is 2.94. The van der Waals surface area contributed by atoms with E-state index in [1.807, 2.05) is 31.7 Å². The summed E-state index contributed by atoms with van der Waals surface area (Å²) in [6.45, 7) is 13.1. The highest BCUT2D eigenvalue weighted by Gasteiger charge is 2.25. The van der Waals surface area contributed by atoms with E-state index in [2.05, 4.69) is 18.8 Å². The molecule has 1 heterocycles. The minimum atomic E-state index is -0.418. The van der Waals surface area contributed by atoms with Gasteiger partial charge in [0.25, 0.3) is 0 Å². The third kappa shape index (κ3) is 6.10. The molecule has 0 radical (unpaired) electrons. The quantitative estimate of drug-likeness (QED) is 0.800. The summed E-state index contributed by atoms with van der Waals surface area (Å²) in [4.78, 5) is 13.8. The Kier molecular flexibility index (Phi) is 5.85. The third-order valence-corrected chi connectivity index (χ3v) is 3.23. The molecule has 0 bridgehead atoms. The van der Waals surface area contributed by atoms with Crippen molar-refractivity contribution in [3.63, 3.8) is 0 Å². The molecule has 1 amide bonds. The highest BCUT2D eigenvalue weighted by Crippen LogP contribution is 2.15. The van der Waals surface area contributed by atoms with E-state index < -0.39 is 5.60 Å². The van der Waals surface area contributed by atoms with Crippen LogP contribution in [0.1, 0.15) is 47.0 Å². The minimum Gasteiger partial charge on any atom is -0.444 e. The number of carbonyl (C=O) groups excluding carboxylic acids is 1. The SMILES string of the molecule is C=CC(C)NC1CCCN(C(=O)OC(C)(C)C)CC1. The number of ether oxygens (including phenoxy) is 1. The lowest BCUT2D eigenvalue weighted by Gasteiger charge is -2.26. The number of hydrogen-bond donors (Lipinski definition) is 1. The van der Waals surface area contributed by atoms with Gasteiger partial charge in [-0.3, -0.25) is 0 Å². The van der Waals surface area contributed by atoms with Gasteiger partial charge in [0.15, 0.2) is 0 Å². The van der Waals surface area contributed by atoms with Gasteiger partial charge in [-0.25, -0.2) is 4.79 Å². The Morgan fingerprint density at radius 3 is 2.68 bits per heavy atom. The van der Waals surface area contributed by atoms with E-state index in [-0.39, 0.29) is 6.09 Å². The first-order valence-electron chi connectivity index (χ1n) is 7.18. The fourth-order valence-electron chi connectivity index (χ4n) is 2.21. The summed E-state index contributed by atoms with van der Waals surface area (Å²) in [6.07, 6.45) is 4.80. The Morgan fingerprint density at radius 2 is 2.11 bits per heavy atom. The van der Waals surface area contributed by atoms with E-state index in [0.717, 1.165) is 32.4 Å². The Bertz CT molecular complexity index is 310. The largest absolute Gasteiger partial charge is 0.444 e. The van der Waals surface area contributed by atoms with E-state index >= 15 is 0 Å². The van der Waals surface area contributed by atoms with Crippen LogP contribution in [-0.4, -0.2) is 41.8 Å². The Morgan fingerprint density at radius 1 is 1.42 bits per heavy atom. The average Bonchev–Trinajstić information content (AvgIpc) is 2.52. The van der Waals surface area contributed by atoms with Crippen LogP contribution in [0.4, 0.5) is 4.79 Å². The van der Waals surface area contributed by atoms with Gasteiger partial charge in [-0.05, 0) is 47.0 Å². The Balaban J connectivity index is 2.45. The summed E-state index contributed by atoms with van der Waals surface area (Å²) < 4.78 is 5.42. The fraction of sp³-hybridized carbons (Fsp3) is 0.800. The van der Waals surface area contributed by atoms with E-state index in [1.54, 1.807) is 0 Å². The van der Waals surface area contributed by atoms with E-state index in [9.17, 15) is 4.79 Å². The molecule has 19 heavy (non-hydrogen) atoms. The van der Waals surface area contributed by atoms with Gasteiger partial charge < -0.3 is 15.0 Å². The minimum absolute atomic E-state index is 0.190. The lowest BCUT2D eigenvalue weighted by molar-refractivity contribution is 0.0256. The molecular weight excluding hydrogens is 240 g/mol. The van der Waals surface area contributed by atoms with Crippen LogP contribution in [0.5, 0.6) is 0 Å². The van der Waals surface area contributed by atoms with Crippen molar-refractivity contribution in [1.29, 1.82) is 0 Å². The van der Waals surface area contributed by atoms with Crippen molar-refractivity contribution in [3.05, 3.63) is 12.7 Å². The molecule has 0 aromatic heterocycles. The molecule has 4 heteroatoms. The van der Waals surface area contributed by atoms with Crippen LogP contribution >= 0.6 is 0 Å². The second kappa shape index (κ2) is 6.94.